The van der Waals surface area contributed by atoms with Gasteiger partial charge in [-0.15, -0.1) is 5.10 Å². The lowest BCUT2D eigenvalue weighted by molar-refractivity contribution is -0.145. The highest BCUT2D eigenvalue weighted by Crippen LogP contribution is 2.22. The van der Waals surface area contributed by atoms with Gasteiger partial charge in [0.2, 0.25) is 0 Å². The second-order valence-corrected chi connectivity index (χ2v) is 9.69. The van der Waals surface area contributed by atoms with Crippen molar-refractivity contribution in [3.05, 3.63) is 52.1 Å². The summed E-state index contributed by atoms with van der Waals surface area (Å²) in [5.41, 5.74) is 1.93. The van der Waals surface area contributed by atoms with E-state index in [2.05, 4.69) is 10.3 Å². The molecule has 0 unspecified atom stereocenters. The number of unbranched alkanes of at least 4 members (excludes halogenated alkanes) is 2. The number of rotatable bonds is 12. The number of likely N-dealkylation sites (tertiary alicyclic amines) is 1. The lowest BCUT2D eigenvalue weighted by Crippen LogP contribution is -2.62. The maximum Gasteiger partial charge on any atom is 0.336 e. The first-order valence-corrected chi connectivity index (χ1v) is 12.8. The average molecular weight is 517 g/mol. The van der Waals surface area contributed by atoms with Gasteiger partial charge in [-0.1, -0.05) is 5.21 Å². The quantitative estimate of drug-likeness (QED) is 0.199. The number of piperidine rings is 1. The normalized spacial score (nSPS) is 22.5. The van der Waals surface area contributed by atoms with E-state index in [-0.39, 0.29) is 18.8 Å². The summed E-state index contributed by atoms with van der Waals surface area (Å²) >= 11 is 0. The molecule has 202 valence electrons. The van der Waals surface area contributed by atoms with Crippen LogP contribution in [0.5, 0.6) is 5.75 Å². The number of aryl methyl sites for hydroxylation is 3. The van der Waals surface area contributed by atoms with Crippen molar-refractivity contribution < 1.29 is 29.6 Å². The highest BCUT2D eigenvalue weighted by atomic mass is 16.5. The van der Waals surface area contributed by atoms with Crippen LogP contribution in [0.2, 0.25) is 0 Å². The van der Waals surface area contributed by atoms with E-state index in [4.69, 9.17) is 9.15 Å². The van der Waals surface area contributed by atoms with Gasteiger partial charge in [-0.3, -0.25) is 9.58 Å². The third-order valence-corrected chi connectivity index (χ3v) is 6.90. The number of fused-ring (bicyclic) bond motifs is 1. The summed E-state index contributed by atoms with van der Waals surface area (Å²) in [5, 5.41) is 48.7. The van der Waals surface area contributed by atoms with E-state index < -0.39 is 24.4 Å². The second-order valence-electron chi connectivity index (χ2n) is 9.69. The minimum Gasteiger partial charge on any atom is -0.493 e. The Hall–Kier alpha value is -2.83. The van der Waals surface area contributed by atoms with Crippen LogP contribution in [0.15, 0.2) is 39.7 Å². The summed E-state index contributed by atoms with van der Waals surface area (Å²) in [6.07, 6.45) is 2.62. The molecule has 1 aromatic carbocycles. The van der Waals surface area contributed by atoms with Crippen molar-refractivity contribution >= 4 is 11.0 Å². The zero-order chi connectivity index (χ0) is 26.4. The minimum absolute atomic E-state index is 0.223. The van der Waals surface area contributed by atoms with E-state index in [0.717, 1.165) is 55.3 Å². The number of aromatic nitrogens is 3. The van der Waals surface area contributed by atoms with Gasteiger partial charge in [-0.2, -0.15) is 0 Å². The number of hydrogen-bond acceptors (Lipinski definition) is 10. The van der Waals surface area contributed by atoms with E-state index in [1.807, 2.05) is 34.8 Å². The highest BCUT2D eigenvalue weighted by Gasteiger charge is 2.40. The molecule has 4 N–H and O–H groups in total. The van der Waals surface area contributed by atoms with Crippen LogP contribution < -0.4 is 10.4 Å². The third kappa shape index (κ3) is 6.93. The molecule has 4 atom stereocenters. The molecule has 11 heteroatoms. The summed E-state index contributed by atoms with van der Waals surface area (Å²) in [4.78, 5) is 13.4. The fraction of sp³-hybridized carbons (Fsp3) is 0.577. The molecular weight excluding hydrogens is 480 g/mol. The summed E-state index contributed by atoms with van der Waals surface area (Å²) in [5.74, 6) is 0.666. The van der Waals surface area contributed by atoms with Crippen molar-refractivity contribution in [1.82, 2.24) is 19.9 Å². The van der Waals surface area contributed by atoms with Crippen LogP contribution in [0.1, 0.15) is 36.9 Å². The topological polar surface area (TPSA) is 154 Å². The smallest absolute Gasteiger partial charge is 0.336 e. The fourth-order valence-electron chi connectivity index (χ4n) is 4.78. The average Bonchev–Trinajstić information content (AvgIpc) is 3.32. The summed E-state index contributed by atoms with van der Waals surface area (Å²) in [7, 11) is 0. The Morgan fingerprint density at radius 1 is 1.08 bits per heavy atom. The van der Waals surface area contributed by atoms with Gasteiger partial charge in [0, 0.05) is 36.8 Å². The third-order valence-electron chi connectivity index (χ3n) is 6.90. The van der Waals surface area contributed by atoms with Gasteiger partial charge in [-0.25, -0.2) is 4.79 Å². The van der Waals surface area contributed by atoms with E-state index in [0.29, 0.717) is 24.5 Å². The van der Waals surface area contributed by atoms with Gasteiger partial charge in [0.25, 0.3) is 0 Å². The zero-order valence-electron chi connectivity index (χ0n) is 21.1. The molecule has 0 radical (unpaired) electrons. The van der Waals surface area contributed by atoms with Gasteiger partial charge in [-0.05, 0) is 63.3 Å². The Balaban J connectivity index is 1.13. The molecule has 0 aliphatic carbocycles. The van der Waals surface area contributed by atoms with Crippen molar-refractivity contribution in [3.63, 3.8) is 0 Å². The molecule has 2 aromatic heterocycles. The number of ether oxygens (including phenoxy) is 1. The van der Waals surface area contributed by atoms with Crippen LogP contribution in [0.3, 0.4) is 0 Å². The molecule has 11 nitrogen and oxygen atoms in total. The molecule has 1 aliphatic heterocycles. The first-order chi connectivity index (χ1) is 17.9. The number of nitrogens with zero attached hydrogens (tertiary/aromatic N) is 4. The zero-order valence-corrected chi connectivity index (χ0v) is 21.1. The molecule has 0 amide bonds. The molecule has 1 aliphatic rings. The molecule has 3 aromatic rings. The van der Waals surface area contributed by atoms with E-state index >= 15 is 0 Å². The van der Waals surface area contributed by atoms with Crippen molar-refractivity contribution in [3.8, 4) is 5.75 Å². The van der Waals surface area contributed by atoms with Gasteiger partial charge >= 0.3 is 5.63 Å². The highest BCUT2D eigenvalue weighted by molar-refractivity contribution is 5.81. The molecule has 0 saturated carbocycles. The Morgan fingerprint density at radius 2 is 1.89 bits per heavy atom. The van der Waals surface area contributed by atoms with Crippen molar-refractivity contribution in [2.24, 2.45) is 0 Å². The standard InChI is InChI=1S/C26H36N4O7/c1-17-12-24(33)37-23-13-19(7-8-20(17)23)36-11-5-4-10-30-14-18(27-28-30)6-2-3-9-29-15-22(32)26(35)25(34)21(29)16-31/h7-8,12-14,21-22,25-26,31-32,34-35H,2-6,9-11,15-16H2,1H3/t21-,22+,25-,26-/m1/s1. The van der Waals surface area contributed by atoms with Crippen LogP contribution in [0.4, 0.5) is 0 Å². The molecule has 0 bridgehead atoms. The van der Waals surface area contributed by atoms with Gasteiger partial charge in [0.1, 0.15) is 23.5 Å². The van der Waals surface area contributed by atoms with E-state index in [1.54, 1.807) is 6.07 Å². The van der Waals surface area contributed by atoms with Gasteiger partial charge in [0.15, 0.2) is 0 Å². The van der Waals surface area contributed by atoms with Crippen LogP contribution in [0.25, 0.3) is 11.0 Å². The van der Waals surface area contributed by atoms with Crippen LogP contribution in [0, 0.1) is 6.92 Å². The van der Waals surface area contributed by atoms with Crippen LogP contribution in [-0.4, -0.2) is 91.0 Å². The number of aliphatic hydroxyl groups is 4. The molecule has 1 fully saturated rings. The van der Waals surface area contributed by atoms with E-state index in [9.17, 15) is 25.2 Å². The van der Waals surface area contributed by atoms with Crippen molar-refractivity contribution in [1.29, 1.82) is 0 Å². The largest absolute Gasteiger partial charge is 0.493 e. The Kier molecular flexibility index (Phi) is 9.28. The predicted molar refractivity (Wildman–Crippen MR) is 135 cm³/mol. The monoisotopic (exact) mass is 516 g/mol. The van der Waals surface area contributed by atoms with Crippen LogP contribution in [-0.2, 0) is 13.0 Å². The number of hydrogen-bond donors (Lipinski definition) is 4. The van der Waals surface area contributed by atoms with Crippen molar-refractivity contribution in [2.75, 3.05) is 26.3 Å². The molecule has 3 heterocycles. The van der Waals surface area contributed by atoms with Crippen LogP contribution >= 0.6 is 0 Å². The Labute approximate surface area is 214 Å². The number of benzene rings is 1. The SMILES string of the molecule is Cc1cc(=O)oc2cc(OCCCCn3cc(CCCCN4C[C@H](O)[C@@H](O)[C@H](O)[C@H]4CO)nn3)ccc12. The first-order valence-electron chi connectivity index (χ1n) is 12.8. The first kappa shape index (κ1) is 27.2. The molecule has 1 saturated heterocycles. The minimum atomic E-state index is -1.23. The van der Waals surface area contributed by atoms with Gasteiger partial charge in [0.05, 0.1) is 31.1 Å². The maximum absolute atomic E-state index is 11.6. The number of β-amino-alcohol motifs (C(OH)–C–C–N with tert-alkyl or cyclic N) is 1. The maximum atomic E-state index is 11.6. The Bertz CT molecular complexity index is 1210. The summed E-state index contributed by atoms with van der Waals surface area (Å²) in [6, 6.07) is 6.42. The number of aliphatic hydroxyl groups excluding tert-OH is 4. The summed E-state index contributed by atoms with van der Waals surface area (Å²) in [6.45, 7) is 3.69. The molecule has 0 spiro atoms. The lowest BCUT2D eigenvalue weighted by Gasteiger charge is -2.43. The fourth-order valence-corrected chi connectivity index (χ4v) is 4.78. The van der Waals surface area contributed by atoms with Crippen molar-refractivity contribution in [2.45, 2.75) is 69.9 Å². The molecule has 37 heavy (non-hydrogen) atoms. The predicted octanol–water partition coefficient (Wildman–Crippen LogP) is 0.634. The molecular formula is C26H36N4O7. The summed E-state index contributed by atoms with van der Waals surface area (Å²) < 4.78 is 12.9. The van der Waals surface area contributed by atoms with E-state index in [1.165, 1.54) is 6.07 Å². The molecule has 4 rings (SSSR count). The lowest BCUT2D eigenvalue weighted by atomic mass is 9.94. The van der Waals surface area contributed by atoms with Gasteiger partial charge < -0.3 is 29.6 Å². The Morgan fingerprint density at radius 3 is 2.70 bits per heavy atom. The second kappa shape index (κ2) is 12.6.